The van der Waals surface area contributed by atoms with Crippen molar-refractivity contribution in [3.63, 3.8) is 0 Å². The molecular formula is C20H20N2O3. The Morgan fingerprint density at radius 2 is 1.76 bits per heavy atom. The Morgan fingerprint density at radius 1 is 1.04 bits per heavy atom. The second-order valence-electron chi connectivity index (χ2n) is 6.84. The number of Topliss-reactive ketones (excluding diaryl/α,β-unsaturated/α-hetero) is 1. The lowest BCUT2D eigenvalue weighted by atomic mass is 9.81. The van der Waals surface area contributed by atoms with Crippen LogP contribution in [0.5, 0.6) is 0 Å². The van der Waals surface area contributed by atoms with E-state index in [-0.39, 0.29) is 23.2 Å². The molecule has 5 heteroatoms. The van der Waals surface area contributed by atoms with Gasteiger partial charge >= 0.3 is 0 Å². The molecule has 2 heterocycles. The highest BCUT2D eigenvalue weighted by Crippen LogP contribution is 2.31. The van der Waals surface area contributed by atoms with Crippen LogP contribution in [0.15, 0.2) is 41.2 Å². The number of benzene rings is 1. The average Bonchev–Trinajstić information content (AvgIpc) is 3.16. The molecule has 1 aliphatic carbocycles. The molecule has 1 N–H and O–H groups in total. The van der Waals surface area contributed by atoms with Crippen LogP contribution in [0, 0.1) is 0 Å². The number of aromatic amines is 1. The molecule has 1 aliphatic heterocycles. The van der Waals surface area contributed by atoms with E-state index in [1.165, 1.54) is 6.07 Å². The summed E-state index contributed by atoms with van der Waals surface area (Å²) in [6.45, 7) is 1.36. The highest BCUT2D eigenvalue weighted by Gasteiger charge is 2.30. The fourth-order valence-corrected chi connectivity index (χ4v) is 3.84. The summed E-state index contributed by atoms with van der Waals surface area (Å²) >= 11 is 0. The van der Waals surface area contributed by atoms with Crippen LogP contribution in [0.1, 0.15) is 57.2 Å². The molecule has 2 aliphatic rings. The van der Waals surface area contributed by atoms with Crippen molar-refractivity contribution in [2.45, 2.75) is 31.6 Å². The summed E-state index contributed by atoms with van der Waals surface area (Å²) in [5, 5.41) is 0. The molecule has 4 rings (SSSR count). The van der Waals surface area contributed by atoms with Gasteiger partial charge in [-0.2, -0.15) is 0 Å². The Bertz CT molecular complexity index is 880. The summed E-state index contributed by atoms with van der Waals surface area (Å²) in [5.41, 5.74) is 1.94. The molecule has 0 unspecified atom stereocenters. The highest BCUT2D eigenvalue weighted by atomic mass is 16.2. The minimum absolute atomic E-state index is 0.0122. The van der Waals surface area contributed by atoms with Crippen molar-refractivity contribution in [1.29, 1.82) is 0 Å². The molecule has 0 bridgehead atoms. The molecule has 1 amide bonds. The van der Waals surface area contributed by atoms with Gasteiger partial charge in [0.2, 0.25) is 0 Å². The van der Waals surface area contributed by atoms with E-state index in [1.54, 1.807) is 4.90 Å². The standard InChI is InChI=1S/C20H20N2O3/c23-18-11-14(13-6-2-1-3-7-13)10-17-15(18)12-16(19(24)21-17)20(25)22-8-4-5-9-22/h1-3,6-7,12,14H,4-5,8-11H2,(H,21,24)/t14-/m1/s1. The number of aromatic nitrogens is 1. The van der Waals surface area contributed by atoms with Crippen molar-refractivity contribution in [2.75, 3.05) is 13.1 Å². The fourth-order valence-electron chi connectivity index (χ4n) is 3.84. The maximum Gasteiger partial charge on any atom is 0.261 e. The fraction of sp³-hybridized carbons (Fsp3) is 0.350. The zero-order valence-electron chi connectivity index (χ0n) is 14.0. The number of amides is 1. The van der Waals surface area contributed by atoms with Crippen LogP contribution in [-0.2, 0) is 6.42 Å². The molecule has 0 spiro atoms. The van der Waals surface area contributed by atoms with Crippen molar-refractivity contribution in [1.82, 2.24) is 9.88 Å². The van der Waals surface area contributed by atoms with Crippen LogP contribution in [-0.4, -0.2) is 34.7 Å². The quantitative estimate of drug-likeness (QED) is 0.916. The lowest BCUT2D eigenvalue weighted by molar-refractivity contribution is 0.0791. The molecular weight excluding hydrogens is 316 g/mol. The van der Waals surface area contributed by atoms with E-state index >= 15 is 0 Å². The van der Waals surface area contributed by atoms with Crippen molar-refractivity contribution in [3.05, 3.63) is 69.1 Å². The van der Waals surface area contributed by atoms with Gasteiger partial charge < -0.3 is 9.88 Å². The van der Waals surface area contributed by atoms with E-state index in [4.69, 9.17) is 0 Å². The zero-order valence-corrected chi connectivity index (χ0v) is 14.0. The van der Waals surface area contributed by atoms with E-state index in [2.05, 4.69) is 4.98 Å². The third-order valence-corrected chi connectivity index (χ3v) is 5.20. The first-order valence-electron chi connectivity index (χ1n) is 8.77. The Labute approximate surface area is 145 Å². The molecule has 5 nitrogen and oxygen atoms in total. The first kappa shape index (κ1) is 15.8. The van der Waals surface area contributed by atoms with Crippen molar-refractivity contribution >= 4 is 11.7 Å². The maximum atomic E-state index is 12.6. The number of ketones is 1. The molecule has 0 saturated carbocycles. The van der Waals surface area contributed by atoms with E-state index in [0.29, 0.717) is 37.2 Å². The van der Waals surface area contributed by atoms with Crippen LogP contribution < -0.4 is 5.56 Å². The monoisotopic (exact) mass is 336 g/mol. The summed E-state index contributed by atoms with van der Waals surface area (Å²) in [5.74, 6) is -0.210. The van der Waals surface area contributed by atoms with Gasteiger partial charge in [0, 0.05) is 30.8 Å². The maximum absolute atomic E-state index is 12.6. The molecule has 2 aromatic rings. The second-order valence-corrected chi connectivity index (χ2v) is 6.84. The predicted octanol–water partition coefficient (Wildman–Crippen LogP) is 2.52. The van der Waals surface area contributed by atoms with Crippen LogP contribution in [0.2, 0.25) is 0 Å². The van der Waals surface area contributed by atoms with Gasteiger partial charge in [-0.25, -0.2) is 0 Å². The first-order chi connectivity index (χ1) is 12.1. The van der Waals surface area contributed by atoms with Gasteiger partial charge in [-0.15, -0.1) is 0 Å². The minimum atomic E-state index is -0.392. The molecule has 1 aromatic carbocycles. The first-order valence-corrected chi connectivity index (χ1v) is 8.77. The lowest BCUT2D eigenvalue weighted by Gasteiger charge is -2.24. The van der Waals surface area contributed by atoms with Crippen LogP contribution in [0.4, 0.5) is 0 Å². The average molecular weight is 336 g/mol. The molecule has 0 radical (unpaired) electrons. The molecule has 1 atom stereocenters. The number of pyridine rings is 1. The normalized spacial score (nSPS) is 19.8. The van der Waals surface area contributed by atoms with E-state index < -0.39 is 5.56 Å². The molecule has 128 valence electrons. The SMILES string of the molecule is O=C1C[C@H](c2ccccc2)Cc2[nH]c(=O)c(C(=O)N3CCCC3)cc21. The third-order valence-electron chi connectivity index (χ3n) is 5.20. The van der Waals surface area contributed by atoms with Gasteiger partial charge in [0.1, 0.15) is 5.56 Å². The molecule has 1 saturated heterocycles. The number of fused-ring (bicyclic) bond motifs is 1. The zero-order chi connectivity index (χ0) is 17.4. The largest absolute Gasteiger partial charge is 0.338 e. The summed E-state index contributed by atoms with van der Waals surface area (Å²) in [4.78, 5) is 42.1. The van der Waals surface area contributed by atoms with Gasteiger partial charge in [0.15, 0.2) is 5.78 Å². The Hall–Kier alpha value is -2.69. The third kappa shape index (κ3) is 2.90. The lowest BCUT2D eigenvalue weighted by Crippen LogP contribution is -2.34. The number of nitrogens with one attached hydrogen (secondary N) is 1. The number of H-pyrrole nitrogens is 1. The van der Waals surface area contributed by atoms with Gasteiger partial charge in [0.05, 0.1) is 0 Å². The Kier molecular flexibility index (Phi) is 3.99. The highest BCUT2D eigenvalue weighted by molar-refractivity contribution is 6.02. The van der Waals surface area contributed by atoms with Crippen molar-refractivity contribution < 1.29 is 9.59 Å². The predicted molar refractivity (Wildman–Crippen MR) is 94.0 cm³/mol. The summed E-state index contributed by atoms with van der Waals surface area (Å²) in [6, 6.07) is 11.4. The molecule has 1 aromatic heterocycles. The number of hydrogen-bond donors (Lipinski definition) is 1. The van der Waals surface area contributed by atoms with Gasteiger partial charge in [0.25, 0.3) is 11.5 Å². The van der Waals surface area contributed by atoms with E-state index in [1.807, 2.05) is 30.3 Å². The topological polar surface area (TPSA) is 70.2 Å². The van der Waals surface area contributed by atoms with Crippen LogP contribution >= 0.6 is 0 Å². The Morgan fingerprint density at radius 3 is 2.48 bits per heavy atom. The smallest absolute Gasteiger partial charge is 0.261 e. The Balaban J connectivity index is 1.67. The van der Waals surface area contributed by atoms with E-state index in [9.17, 15) is 14.4 Å². The van der Waals surface area contributed by atoms with Crippen LogP contribution in [0.25, 0.3) is 0 Å². The number of hydrogen-bond acceptors (Lipinski definition) is 3. The number of carbonyl (C=O) groups is 2. The number of nitrogens with zero attached hydrogens (tertiary/aromatic N) is 1. The van der Waals surface area contributed by atoms with E-state index in [0.717, 1.165) is 18.4 Å². The number of likely N-dealkylation sites (tertiary alicyclic amines) is 1. The summed E-state index contributed by atoms with van der Waals surface area (Å²) in [6.07, 6.45) is 2.94. The van der Waals surface area contributed by atoms with Crippen molar-refractivity contribution in [3.8, 4) is 0 Å². The van der Waals surface area contributed by atoms with Gasteiger partial charge in [-0.3, -0.25) is 14.4 Å². The molecule has 25 heavy (non-hydrogen) atoms. The van der Waals surface area contributed by atoms with Crippen molar-refractivity contribution in [2.24, 2.45) is 0 Å². The minimum Gasteiger partial charge on any atom is -0.338 e. The van der Waals surface area contributed by atoms with Crippen LogP contribution in [0.3, 0.4) is 0 Å². The summed E-state index contributed by atoms with van der Waals surface area (Å²) in [7, 11) is 0. The van der Waals surface area contributed by atoms with Gasteiger partial charge in [-0.05, 0) is 36.8 Å². The van der Waals surface area contributed by atoms with Gasteiger partial charge in [-0.1, -0.05) is 30.3 Å². The second kappa shape index (κ2) is 6.31. The molecule has 1 fully saturated rings. The summed E-state index contributed by atoms with van der Waals surface area (Å²) < 4.78 is 0. The number of carbonyl (C=O) groups excluding carboxylic acids is 2. The number of rotatable bonds is 2.